The maximum absolute atomic E-state index is 13.1. The lowest BCUT2D eigenvalue weighted by Crippen LogP contribution is -2.57. The summed E-state index contributed by atoms with van der Waals surface area (Å²) in [6.45, 7) is 0.0902. The van der Waals surface area contributed by atoms with Crippen LogP contribution in [0.4, 0.5) is 0 Å². The number of amides is 3. The average Bonchev–Trinajstić information content (AvgIpc) is 3.36. The van der Waals surface area contributed by atoms with Crippen molar-refractivity contribution in [2.45, 2.75) is 50.2 Å². The summed E-state index contributed by atoms with van der Waals surface area (Å²) < 4.78 is 0. The van der Waals surface area contributed by atoms with Gasteiger partial charge in [0.2, 0.25) is 17.7 Å². The fourth-order valence-corrected chi connectivity index (χ4v) is 3.43. The van der Waals surface area contributed by atoms with Crippen molar-refractivity contribution in [3.63, 3.8) is 0 Å². The lowest BCUT2D eigenvalue weighted by atomic mass is 10.0. The molecule has 12 nitrogen and oxygen atoms in total. The molecule has 35 heavy (non-hydrogen) atoms. The zero-order chi connectivity index (χ0) is 25.6. The Morgan fingerprint density at radius 1 is 0.914 bits per heavy atom. The third kappa shape index (κ3) is 9.55. The summed E-state index contributed by atoms with van der Waals surface area (Å²) in [7, 11) is 0. The van der Waals surface area contributed by atoms with E-state index in [1.165, 1.54) is 6.33 Å². The molecule has 0 fully saturated rings. The van der Waals surface area contributed by atoms with E-state index in [2.05, 4.69) is 25.9 Å². The van der Waals surface area contributed by atoms with Gasteiger partial charge in [0.05, 0.1) is 18.6 Å². The van der Waals surface area contributed by atoms with E-state index in [0.717, 1.165) is 5.56 Å². The maximum Gasteiger partial charge on any atom is 0.326 e. The Morgan fingerprint density at radius 3 is 2.20 bits per heavy atom. The molecule has 9 N–H and O–H groups in total. The smallest absolute Gasteiger partial charge is 0.326 e. The number of aromatic nitrogens is 2. The number of hydrogen-bond acceptors (Lipinski definition) is 7. The monoisotopic (exact) mass is 487 g/mol. The van der Waals surface area contributed by atoms with E-state index in [1.54, 1.807) is 30.5 Å². The van der Waals surface area contributed by atoms with Gasteiger partial charge in [-0.2, -0.15) is 0 Å². The van der Waals surface area contributed by atoms with Gasteiger partial charge in [-0.25, -0.2) is 9.78 Å². The third-order valence-corrected chi connectivity index (χ3v) is 5.28. The fourth-order valence-electron chi connectivity index (χ4n) is 3.43. The van der Waals surface area contributed by atoms with E-state index in [9.17, 15) is 24.3 Å². The van der Waals surface area contributed by atoms with Crippen LogP contribution >= 0.6 is 0 Å². The summed E-state index contributed by atoms with van der Waals surface area (Å²) in [5, 5.41) is 17.3. The summed E-state index contributed by atoms with van der Waals surface area (Å²) in [5.41, 5.74) is 12.2. The van der Waals surface area contributed by atoms with Crippen molar-refractivity contribution in [2.24, 2.45) is 11.5 Å². The quantitative estimate of drug-likeness (QED) is 0.152. The Balaban J connectivity index is 2.14. The molecule has 1 unspecified atom stereocenters. The van der Waals surface area contributed by atoms with Crippen LogP contribution in [-0.4, -0.2) is 70.0 Å². The number of hydrogen-bond donors (Lipinski definition) is 7. The lowest BCUT2D eigenvalue weighted by Gasteiger charge is -2.24. The largest absolute Gasteiger partial charge is 0.480 e. The summed E-state index contributed by atoms with van der Waals surface area (Å²) >= 11 is 0. The summed E-state index contributed by atoms with van der Waals surface area (Å²) in [4.78, 5) is 56.6. The number of imidazole rings is 1. The highest BCUT2D eigenvalue weighted by Crippen LogP contribution is 2.07. The van der Waals surface area contributed by atoms with E-state index in [4.69, 9.17) is 11.5 Å². The van der Waals surface area contributed by atoms with Crippen molar-refractivity contribution >= 4 is 23.7 Å². The van der Waals surface area contributed by atoms with Gasteiger partial charge >= 0.3 is 5.97 Å². The highest BCUT2D eigenvalue weighted by atomic mass is 16.4. The van der Waals surface area contributed by atoms with Crippen molar-refractivity contribution in [1.29, 1.82) is 0 Å². The predicted octanol–water partition coefficient (Wildman–Crippen LogP) is -1.18. The molecule has 0 radical (unpaired) electrons. The Bertz CT molecular complexity index is 952. The maximum atomic E-state index is 13.1. The Labute approximate surface area is 203 Å². The molecule has 0 aliphatic heterocycles. The molecule has 0 aliphatic carbocycles. The van der Waals surface area contributed by atoms with Crippen LogP contribution in [0.3, 0.4) is 0 Å². The van der Waals surface area contributed by atoms with Crippen LogP contribution in [-0.2, 0) is 32.0 Å². The van der Waals surface area contributed by atoms with Gasteiger partial charge in [-0.15, -0.1) is 0 Å². The molecular formula is C23H33N7O5. The second-order valence-corrected chi connectivity index (χ2v) is 8.02. The first-order chi connectivity index (χ1) is 16.8. The molecule has 1 heterocycles. The summed E-state index contributed by atoms with van der Waals surface area (Å²) in [6, 6.07) is 5.66. The van der Waals surface area contributed by atoms with E-state index in [-0.39, 0.29) is 25.8 Å². The third-order valence-electron chi connectivity index (χ3n) is 5.28. The molecule has 0 spiro atoms. The Kier molecular flexibility index (Phi) is 11.4. The molecular weight excluding hydrogens is 454 g/mol. The number of nitrogens with one attached hydrogen (secondary N) is 4. The summed E-state index contributed by atoms with van der Waals surface area (Å²) in [5.74, 6) is -2.99. The highest BCUT2D eigenvalue weighted by Gasteiger charge is 2.29. The van der Waals surface area contributed by atoms with Crippen LogP contribution in [0, 0.1) is 0 Å². The first-order valence-corrected chi connectivity index (χ1v) is 11.4. The van der Waals surface area contributed by atoms with Gasteiger partial charge in [-0.3, -0.25) is 14.4 Å². The molecule has 2 rings (SSSR count). The number of nitrogens with zero attached hydrogens (tertiary/aromatic N) is 1. The number of aromatic amines is 1. The molecule has 12 heteroatoms. The Morgan fingerprint density at radius 2 is 1.60 bits per heavy atom. The fraction of sp³-hybridized carbons (Fsp3) is 0.435. The molecule has 1 aromatic heterocycles. The standard InChI is InChI=1S/C23H33N7O5/c24-9-5-4-8-17(21(32)30-19(23(34)35)10-15-6-2-1-3-7-15)29-22(33)18(28-20(31)12-25)11-16-13-26-14-27-16/h1-3,6-7,13-14,17-19H,4-5,8-12,24-25H2,(H,26,27)(H,28,31)(H,29,33)(H,30,32)(H,34,35)/t17-,18-,19?/m0/s1. The summed E-state index contributed by atoms with van der Waals surface area (Å²) in [6.07, 6.45) is 4.57. The van der Waals surface area contributed by atoms with Crippen LogP contribution in [0.15, 0.2) is 42.9 Å². The van der Waals surface area contributed by atoms with Gasteiger partial charge in [0.25, 0.3) is 0 Å². The number of carbonyl (C=O) groups is 4. The SMILES string of the molecule is NCCCC[C@H](NC(=O)[C@H](Cc1c[nH]cn1)NC(=O)CN)C(=O)NC(Cc1ccccc1)C(=O)O. The molecule has 3 atom stereocenters. The van der Waals surface area contributed by atoms with Gasteiger partial charge in [-0.1, -0.05) is 30.3 Å². The minimum absolute atomic E-state index is 0.0734. The number of aliphatic carboxylic acids is 1. The Hall–Kier alpha value is -3.77. The average molecular weight is 488 g/mol. The highest BCUT2D eigenvalue weighted by molar-refractivity contribution is 5.93. The van der Waals surface area contributed by atoms with Crippen LogP contribution in [0.2, 0.25) is 0 Å². The molecule has 2 aromatic rings. The molecule has 0 saturated heterocycles. The first kappa shape index (κ1) is 27.5. The number of carboxylic acids is 1. The predicted molar refractivity (Wildman–Crippen MR) is 128 cm³/mol. The van der Waals surface area contributed by atoms with Crippen molar-refractivity contribution in [1.82, 2.24) is 25.9 Å². The van der Waals surface area contributed by atoms with Crippen molar-refractivity contribution in [3.8, 4) is 0 Å². The second kappa shape index (κ2) is 14.5. The van der Waals surface area contributed by atoms with Crippen LogP contribution in [0.1, 0.15) is 30.5 Å². The molecule has 190 valence electrons. The normalized spacial score (nSPS) is 13.3. The van der Waals surface area contributed by atoms with Crippen molar-refractivity contribution in [2.75, 3.05) is 13.1 Å². The van der Waals surface area contributed by atoms with Crippen LogP contribution in [0.5, 0.6) is 0 Å². The van der Waals surface area contributed by atoms with Gasteiger partial charge < -0.3 is 37.5 Å². The minimum Gasteiger partial charge on any atom is -0.480 e. The van der Waals surface area contributed by atoms with Crippen molar-refractivity contribution in [3.05, 3.63) is 54.1 Å². The zero-order valence-corrected chi connectivity index (χ0v) is 19.4. The number of rotatable bonds is 15. The van der Waals surface area contributed by atoms with Gasteiger partial charge in [0, 0.05) is 19.0 Å². The number of H-pyrrole nitrogens is 1. The van der Waals surface area contributed by atoms with Gasteiger partial charge in [0.15, 0.2) is 0 Å². The second-order valence-electron chi connectivity index (χ2n) is 8.02. The molecule has 0 bridgehead atoms. The number of unbranched alkanes of at least 4 members (excludes halogenated alkanes) is 1. The van der Waals surface area contributed by atoms with E-state index in [1.807, 2.05) is 6.07 Å². The number of carboxylic acid groups (broad SMARTS) is 1. The van der Waals surface area contributed by atoms with Crippen LogP contribution in [0.25, 0.3) is 0 Å². The molecule has 1 aromatic carbocycles. The number of carbonyl (C=O) groups excluding carboxylic acids is 3. The molecule has 3 amide bonds. The topological polar surface area (TPSA) is 205 Å². The molecule has 0 aliphatic rings. The number of benzene rings is 1. The zero-order valence-electron chi connectivity index (χ0n) is 19.4. The number of nitrogens with two attached hydrogens (primary N) is 2. The van der Waals surface area contributed by atoms with E-state index in [0.29, 0.717) is 25.1 Å². The van der Waals surface area contributed by atoms with E-state index < -0.39 is 41.8 Å². The minimum atomic E-state index is -1.19. The van der Waals surface area contributed by atoms with Crippen molar-refractivity contribution < 1.29 is 24.3 Å². The van der Waals surface area contributed by atoms with Gasteiger partial charge in [-0.05, 0) is 31.4 Å². The molecule has 0 saturated carbocycles. The van der Waals surface area contributed by atoms with Gasteiger partial charge in [0.1, 0.15) is 18.1 Å². The first-order valence-electron chi connectivity index (χ1n) is 11.4. The van der Waals surface area contributed by atoms with Crippen LogP contribution < -0.4 is 27.4 Å². The van der Waals surface area contributed by atoms with E-state index >= 15 is 0 Å². The lowest BCUT2D eigenvalue weighted by molar-refractivity contribution is -0.142.